The molecule has 1 atom stereocenters. The number of nitrogens with zero attached hydrogens (tertiary/aromatic N) is 1. The highest BCUT2D eigenvalue weighted by atomic mass is 32.2. The Hall–Kier alpha value is -0.220. The van der Waals surface area contributed by atoms with E-state index in [9.17, 15) is 0 Å². The third-order valence-electron chi connectivity index (χ3n) is 3.99. The lowest BCUT2D eigenvalue weighted by atomic mass is 9.89. The van der Waals surface area contributed by atoms with Gasteiger partial charge in [0.05, 0.1) is 12.6 Å². The Balaban J connectivity index is 1.56. The fourth-order valence-corrected chi connectivity index (χ4v) is 4.12. The van der Waals surface area contributed by atoms with E-state index in [1.165, 1.54) is 31.4 Å². The van der Waals surface area contributed by atoms with E-state index in [0.29, 0.717) is 11.5 Å². The summed E-state index contributed by atoms with van der Waals surface area (Å²) < 4.78 is 5.37. The third-order valence-corrected chi connectivity index (χ3v) is 5.27. The lowest BCUT2D eigenvalue weighted by Gasteiger charge is -2.31. The van der Waals surface area contributed by atoms with E-state index in [1.807, 2.05) is 11.8 Å². The molecular formula is C12H20N2OS. The van der Waals surface area contributed by atoms with E-state index in [2.05, 4.69) is 5.32 Å². The number of nitrogens with one attached hydrogen (secondary N) is 1. The molecule has 1 unspecified atom stereocenters. The zero-order chi connectivity index (χ0) is 10.8. The zero-order valence-electron chi connectivity index (χ0n) is 9.71. The molecule has 2 aliphatic heterocycles. The molecule has 0 aromatic heterocycles. The van der Waals surface area contributed by atoms with Crippen LogP contribution in [0.25, 0.3) is 0 Å². The fourth-order valence-electron chi connectivity index (χ4n) is 2.89. The first-order valence-corrected chi connectivity index (χ1v) is 7.36. The molecule has 3 nitrogen and oxygen atoms in total. The second kappa shape index (κ2) is 4.57. The highest BCUT2D eigenvalue weighted by Gasteiger charge is 2.36. The molecule has 1 saturated heterocycles. The highest BCUT2D eigenvalue weighted by Crippen LogP contribution is 2.43. The number of hydrogen-bond acceptors (Lipinski definition) is 4. The summed E-state index contributed by atoms with van der Waals surface area (Å²) in [5, 5.41) is 4.67. The van der Waals surface area contributed by atoms with Crippen molar-refractivity contribution >= 4 is 16.9 Å². The lowest BCUT2D eigenvalue weighted by molar-refractivity contribution is 0.192. The molecule has 0 aromatic carbocycles. The third kappa shape index (κ3) is 2.23. The SMILES string of the molecule is C1CCC2(C1)CN=C(NC1CCOC1)SC2. The van der Waals surface area contributed by atoms with Gasteiger partial charge in [0.1, 0.15) is 0 Å². The summed E-state index contributed by atoms with van der Waals surface area (Å²) in [5.41, 5.74) is 0.558. The maximum Gasteiger partial charge on any atom is 0.156 e. The monoisotopic (exact) mass is 240 g/mol. The second-order valence-corrected chi connectivity index (χ2v) is 6.29. The Morgan fingerprint density at radius 1 is 1.38 bits per heavy atom. The lowest BCUT2D eigenvalue weighted by Crippen LogP contribution is -2.38. The standard InChI is InChI=1S/C12H20N2OS/c1-2-5-12(4-1)8-13-11(16-9-12)14-10-3-6-15-7-10/h10H,1-9H2,(H,13,14). The van der Waals surface area contributed by atoms with Crippen molar-refractivity contribution in [3.63, 3.8) is 0 Å². The molecule has 0 amide bonds. The number of amidine groups is 1. The largest absolute Gasteiger partial charge is 0.379 e. The first-order chi connectivity index (χ1) is 7.86. The first-order valence-electron chi connectivity index (χ1n) is 6.38. The molecule has 1 aliphatic carbocycles. The molecule has 1 saturated carbocycles. The summed E-state index contributed by atoms with van der Waals surface area (Å²) in [7, 11) is 0. The van der Waals surface area contributed by atoms with E-state index in [0.717, 1.165) is 31.3 Å². The smallest absolute Gasteiger partial charge is 0.156 e. The van der Waals surface area contributed by atoms with Crippen LogP contribution in [-0.2, 0) is 4.74 Å². The van der Waals surface area contributed by atoms with Gasteiger partial charge in [0.15, 0.2) is 5.17 Å². The average molecular weight is 240 g/mol. The maximum absolute atomic E-state index is 5.37. The van der Waals surface area contributed by atoms with Gasteiger partial charge in [-0.2, -0.15) is 0 Å². The molecule has 4 heteroatoms. The van der Waals surface area contributed by atoms with Gasteiger partial charge in [-0.1, -0.05) is 24.6 Å². The van der Waals surface area contributed by atoms with E-state index in [1.54, 1.807) is 0 Å². The van der Waals surface area contributed by atoms with Crippen LogP contribution < -0.4 is 5.32 Å². The van der Waals surface area contributed by atoms with E-state index < -0.39 is 0 Å². The molecule has 3 rings (SSSR count). The van der Waals surface area contributed by atoms with E-state index in [-0.39, 0.29) is 0 Å². The summed E-state index contributed by atoms with van der Waals surface area (Å²) >= 11 is 1.93. The van der Waals surface area contributed by atoms with Crippen molar-refractivity contribution < 1.29 is 4.74 Å². The quantitative estimate of drug-likeness (QED) is 0.761. The van der Waals surface area contributed by atoms with Crippen molar-refractivity contribution in [2.24, 2.45) is 10.4 Å². The maximum atomic E-state index is 5.37. The normalized spacial score (nSPS) is 33.0. The Morgan fingerprint density at radius 3 is 2.88 bits per heavy atom. The average Bonchev–Trinajstić information content (AvgIpc) is 2.94. The zero-order valence-corrected chi connectivity index (χ0v) is 10.5. The molecule has 1 spiro atoms. The second-order valence-electron chi connectivity index (χ2n) is 5.32. The minimum absolute atomic E-state index is 0.504. The summed E-state index contributed by atoms with van der Waals surface area (Å²) in [4.78, 5) is 4.74. The molecule has 0 aromatic rings. The van der Waals surface area contributed by atoms with E-state index >= 15 is 0 Å². The number of thioether (sulfide) groups is 1. The minimum Gasteiger partial charge on any atom is -0.379 e. The van der Waals surface area contributed by atoms with Crippen LogP contribution in [0.5, 0.6) is 0 Å². The van der Waals surface area contributed by atoms with Crippen LogP contribution in [0.2, 0.25) is 0 Å². The van der Waals surface area contributed by atoms with Crippen LogP contribution in [0, 0.1) is 5.41 Å². The molecule has 3 aliphatic rings. The van der Waals surface area contributed by atoms with Crippen molar-refractivity contribution in [3.05, 3.63) is 0 Å². The van der Waals surface area contributed by atoms with Crippen LogP contribution >= 0.6 is 11.8 Å². The summed E-state index contributed by atoms with van der Waals surface area (Å²) in [5.74, 6) is 1.27. The van der Waals surface area contributed by atoms with Gasteiger partial charge in [-0.3, -0.25) is 4.99 Å². The molecule has 1 N–H and O–H groups in total. The molecule has 90 valence electrons. The topological polar surface area (TPSA) is 33.6 Å². The molecule has 2 fully saturated rings. The van der Waals surface area contributed by atoms with Gasteiger partial charge < -0.3 is 10.1 Å². The van der Waals surface area contributed by atoms with Crippen molar-refractivity contribution in [2.45, 2.75) is 38.1 Å². The van der Waals surface area contributed by atoms with Crippen molar-refractivity contribution in [2.75, 3.05) is 25.5 Å². The molecule has 2 heterocycles. The van der Waals surface area contributed by atoms with Crippen molar-refractivity contribution in [3.8, 4) is 0 Å². The minimum atomic E-state index is 0.504. The van der Waals surface area contributed by atoms with Gasteiger partial charge in [0.25, 0.3) is 0 Å². The fraction of sp³-hybridized carbons (Fsp3) is 0.917. The Labute approximate surface area is 101 Å². The van der Waals surface area contributed by atoms with Crippen LogP contribution in [0.1, 0.15) is 32.1 Å². The molecular weight excluding hydrogens is 220 g/mol. The van der Waals surface area contributed by atoms with E-state index in [4.69, 9.17) is 9.73 Å². The van der Waals surface area contributed by atoms with Crippen molar-refractivity contribution in [1.82, 2.24) is 5.32 Å². The van der Waals surface area contributed by atoms with Crippen LogP contribution in [0.3, 0.4) is 0 Å². The molecule has 0 bridgehead atoms. The van der Waals surface area contributed by atoms with Gasteiger partial charge in [-0.25, -0.2) is 0 Å². The van der Waals surface area contributed by atoms with Crippen molar-refractivity contribution in [1.29, 1.82) is 0 Å². The predicted octanol–water partition coefficient (Wildman–Crippen LogP) is 2.03. The molecule has 16 heavy (non-hydrogen) atoms. The summed E-state index contributed by atoms with van der Waals surface area (Å²) in [6.07, 6.45) is 6.74. The number of aliphatic imine (C=N–C) groups is 1. The van der Waals surface area contributed by atoms with Gasteiger partial charge in [-0.15, -0.1) is 0 Å². The van der Waals surface area contributed by atoms with Gasteiger partial charge >= 0.3 is 0 Å². The summed E-state index contributed by atoms with van der Waals surface area (Å²) in [6.45, 7) is 2.81. The van der Waals surface area contributed by atoms with Crippen LogP contribution in [0.15, 0.2) is 4.99 Å². The number of rotatable bonds is 1. The van der Waals surface area contributed by atoms with Gasteiger partial charge in [0, 0.05) is 18.9 Å². The number of hydrogen-bond donors (Lipinski definition) is 1. The Morgan fingerprint density at radius 2 is 2.25 bits per heavy atom. The van der Waals surface area contributed by atoms with Crippen LogP contribution in [-0.4, -0.2) is 36.7 Å². The van der Waals surface area contributed by atoms with Crippen LogP contribution in [0.4, 0.5) is 0 Å². The number of ether oxygens (including phenoxy) is 1. The summed E-state index contributed by atoms with van der Waals surface area (Å²) in [6, 6.07) is 0.504. The predicted molar refractivity (Wildman–Crippen MR) is 68.0 cm³/mol. The highest BCUT2D eigenvalue weighted by molar-refractivity contribution is 8.13. The molecule has 0 radical (unpaired) electrons. The first kappa shape index (κ1) is 10.9. The van der Waals surface area contributed by atoms with Gasteiger partial charge in [0.2, 0.25) is 0 Å². The Bertz CT molecular complexity index is 281. The van der Waals surface area contributed by atoms with Gasteiger partial charge in [-0.05, 0) is 24.7 Å². The Kier molecular flexibility index (Phi) is 3.11.